The van der Waals surface area contributed by atoms with E-state index in [0.717, 1.165) is 0 Å². The summed E-state index contributed by atoms with van der Waals surface area (Å²) in [5.41, 5.74) is 5.64. The number of likely N-dealkylation sites (tertiary alicyclic amines) is 1. The van der Waals surface area contributed by atoms with Gasteiger partial charge in [0.05, 0.1) is 12.0 Å². The lowest BCUT2D eigenvalue weighted by atomic mass is 10.0. The molecule has 0 saturated carbocycles. The molecule has 5 nitrogen and oxygen atoms in total. The van der Waals surface area contributed by atoms with Gasteiger partial charge in [-0.3, -0.25) is 9.59 Å². The van der Waals surface area contributed by atoms with E-state index in [4.69, 9.17) is 10.8 Å². The molecule has 0 spiro atoms. The third kappa shape index (κ3) is 2.28. The molecule has 15 heavy (non-hydrogen) atoms. The van der Waals surface area contributed by atoms with Gasteiger partial charge in [-0.05, 0) is 19.8 Å². The number of hydrogen-bond donors (Lipinski definition) is 2. The molecule has 1 aliphatic heterocycles. The van der Waals surface area contributed by atoms with E-state index >= 15 is 0 Å². The maximum absolute atomic E-state index is 11.8. The molecule has 0 radical (unpaired) electrons. The Hall–Kier alpha value is -1.10. The molecule has 2 unspecified atom stereocenters. The zero-order valence-electron chi connectivity index (χ0n) is 9.14. The van der Waals surface area contributed by atoms with Crippen molar-refractivity contribution in [2.75, 3.05) is 6.54 Å². The van der Waals surface area contributed by atoms with Crippen molar-refractivity contribution < 1.29 is 14.7 Å². The van der Waals surface area contributed by atoms with Crippen LogP contribution in [0.4, 0.5) is 0 Å². The van der Waals surface area contributed by atoms with Crippen LogP contribution in [0.15, 0.2) is 0 Å². The van der Waals surface area contributed by atoms with Crippen LogP contribution < -0.4 is 5.73 Å². The Balaban J connectivity index is 2.67. The molecule has 0 aromatic heterocycles. The number of aliphatic carboxylic acids is 1. The van der Waals surface area contributed by atoms with E-state index in [-0.39, 0.29) is 11.9 Å². The molecule has 0 aromatic carbocycles. The Morgan fingerprint density at radius 1 is 1.60 bits per heavy atom. The highest BCUT2D eigenvalue weighted by atomic mass is 16.4. The van der Waals surface area contributed by atoms with Crippen molar-refractivity contribution in [1.29, 1.82) is 0 Å². The van der Waals surface area contributed by atoms with Gasteiger partial charge in [0.2, 0.25) is 5.91 Å². The van der Waals surface area contributed by atoms with Gasteiger partial charge in [0.1, 0.15) is 0 Å². The van der Waals surface area contributed by atoms with Gasteiger partial charge in [0.25, 0.3) is 0 Å². The third-order valence-electron chi connectivity index (χ3n) is 3.11. The predicted molar refractivity (Wildman–Crippen MR) is 55.2 cm³/mol. The number of nitrogens with zero attached hydrogens (tertiary/aromatic N) is 1. The maximum atomic E-state index is 11.8. The van der Waals surface area contributed by atoms with Crippen LogP contribution in [0.5, 0.6) is 0 Å². The van der Waals surface area contributed by atoms with E-state index in [0.29, 0.717) is 19.4 Å². The summed E-state index contributed by atoms with van der Waals surface area (Å²) in [5.74, 6) is -1.41. The van der Waals surface area contributed by atoms with Crippen molar-refractivity contribution in [2.24, 2.45) is 11.7 Å². The second-order valence-electron chi connectivity index (χ2n) is 4.02. The minimum atomic E-state index is -0.831. The summed E-state index contributed by atoms with van der Waals surface area (Å²) < 4.78 is 0. The van der Waals surface area contributed by atoms with Gasteiger partial charge >= 0.3 is 5.97 Å². The summed E-state index contributed by atoms with van der Waals surface area (Å²) in [6.07, 6.45) is 1.11. The zero-order chi connectivity index (χ0) is 11.6. The van der Waals surface area contributed by atoms with Gasteiger partial charge in [0, 0.05) is 12.6 Å². The van der Waals surface area contributed by atoms with Crippen molar-refractivity contribution in [3.05, 3.63) is 0 Å². The molecule has 1 heterocycles. The quantitative estimate of drug-likeness (QED) is 0.695. The Bertz CT molecular complexity index is 267. The molecule has 1 aliphatic rings. The molecule has 5 heteroatoms. The third-order valence-corrected chi connectivity index (χ3v) is 3.11. The van der Waals surface area contributed by atoms with E-state index in [1.54, 1.807) is 11.8 Å². The topological polar surface area (TPSA) is 83.6 Å². The van der Waals surface area contributed by atoms with Crippen molar-refractivity contribution in [2.45, 2.75) is 38.8 Å². The summed E-state index contributed by atoms with van der Waals surface area (Å²) in [6.45, 7) is 4.12. The van der Waals surface area contributed by atoms with Gasteiger partial charge in [-0.2, -0.15) is 0 Å². The fourth-order valence-electron chi connectivity index (χ4n) is 1.97. The number of amides is 1. The molecule has 0 bridgehead atoms. The molecule has 3 N–H and O–H groups in total. The smallest absolute Gasteiger partial charge is 0.308 e. The highest BCUT2D eigenvalue weighted by Gasteiger charge is 2.38. The van der Waals surface area contributed by atoms with Crippen LogP contribution in [-0.2, 0) is 9.59 Å². The normalized spacial score (nSPS) is 27.8. The molecule has 86 valence electrons. The average Bonchev–Trinajstić information content (AvgIpc) is 2.57. The summed E-state index contributed by atoms with van der Waals surface area (Å²) in [7, 11) is 0. The lowest BCUT2D eigenvalue weighted by Crippen LogP contribution is -2.46. The molecule has 1 saturated heterocycles. The first kappa shape index (κ1) is 12.0. The molecule has 1 fully saturated rings. The zero-order valence-corrected chi connectivity index (χ0v) is 9.14. The van der Waals surface area contributed by atoms with Gasteiger partial charge in [0.15, 0.2) is 0 Å². The van der Waals surface area contributed by atoms with Crippen LogP contribution in [0, 0.1) is 5.92 Å². The van der Waals surface area contributed by atoms with E-state index in [1.165, 1.54) is 0 Å². The Labute approximate surface area is 89.2 Å². The molecule has 3 atom stereocenters. The highest BCUT2D eigenvalue weighted by Crippen LogP contribution is 2.24. The van der Waals surface area contributed by atoms with Gasteiger partial charge in [-0.15, -0.1) is 0 Å². The summed E-state index contributed by atoms with van der Waals surface area (Å²) in [6, 6.07) is -0.743. The standard InChI is InChI=1S/C10H18N2O3/c1-3-8(11)9(13)12-5-4-7(6(12)2)10(14)15/h6-8H,3-5,11H2,1-2H3,(H,14,15)/t6?,7?,8-/m0/s1. The molecular weight excluding hydrogens is 196 g/mol. The molecule has 0 aliphatic carbocycles. The highest BCUT2D eigenvalue weighted by molar-refractivity contribution is 5.83. The Morgan fingerprint density at radius 3 is 2.60 bits per heavy atom. The second kappa shape index (κ2) is 4.61. The largest absolute Gasteiger partial charge is 0.481 e. The van der Waals surface area contributed by atoms with Crippen LogP contribution >= 0.6 is 0 Å². The van der Waals surface area contributed by atoms with E-state index < -0.39 is 17.9 Å². The first-order valence-corrected chi connectivity index (χ1v) is 5.27. The fourth-order valence-corrected chi connectivity index (χ4v) is 1.97. The molecular formula is C10H18N2O3. The van der Waals surface area contributed by atoms with Crippen molar-refractivity contribution >= 4 is 11.9 Å². The molecule has 0 aromatic rings. The fraction of sp³-hybridized carbons (Fsp3) is 0.800. The van der Waals surface area contributed by atoms with Crippen molar-refractivity contribution in [1.82, 2.24) is 4.90 Å². The van der Waals surface area contributed by atoms with Crippen molar-refractivity contribution in [3.63, 3.8) is 0 Å². The molecule has 1 amide bonds. The molecule has 1 rings (SSSR count). The first-order chi connectivity index (χ1) is 6.99. The lowest BCUT2D eigenvalue weighted by Gasteiger charge is -2.25. The number of carboxylic acid groups (broad SMARTS) is 1. The number of carboxylic acids is 1. The summed E-state index contributed by atoms with van der Waals surface area (Å²) in [4.78, 5) is 24.2. The van der Waals surface area contributed by atoms with Crippen LogP contribution in [0.25, 0.3) is 0 Å². The average molecular weight is 214 g/mol. The minimum absolute atomic E-state index is 0.131. The monoisotopic (exact) mass is 214 g/mol. The Kier molecular flexibility index (Phi) is 3.68. The second-order valence-corrected chi connectivity index (χ2v) is 4.02. The minimum Gasteiger partial charge on any atom is -0.481 e. The van der Waals surface area contributed by atoms with E-state index in [9.17, 15) is 9.59 Å². The van der Waals surface area contributed by atoms with Gasteiger partial charge in [-0.1, -0.05) is 6.92 Å². The number of carbonyl (C=O) groups excluding carboxylic acids is 1. The van der Waals surface area contributed by atoms with Crippen LogP contribution in [-0.4, -0.2) is 40.5 Å². The SMILES string of the molecule is CC[C@H](N)C(=O)N1CCC(C(=O)O)C1C. The maximum Gasteiger partial charge on any atom is 0.308 e. The van der Waals surface area contributed by atoms with E-state index in [1.807, 2.05) is 6.92 Å². The number of carbonyl (C=O) groups is 2. The lowest BCUT2D eigenvalue weighted by molar-refractivity contribution is -0.143. The Morgan fingerprint density at radius 2 is 2.20 bits per heavy atom. The number of nitrogens with two attached hydrogens (primary N) is 1. The van der Waals surface area contributed by atoms with E-state index in [2.05, 4.69) is 0 Å². The summed E-state index contributed by atoms with van der Waals surface area (Å²) in [5, 5.41) is 8.91. The van der Waals surface area contributed by atoms with Crippen LogP contribution in [0.2, 0.25) is 0 Å². The number of hydrogen-bond acceptors (Lipinski definition) is 3. The summed E-state index contributed by atoms with van der Waals surface area (Å²) >= 11 is 0. The first-order valence-electron chi connectivity index (χ1n) is 5.27. The predicted octanol–water partition coefficient (Wildman–Crippen LogP) is 0.0453. The van der Waals surface area contributed by atoms with Crippen LogP contribution in [0.1, 0.15) is 26.7 Å². The van der Waals surface area contributed by atoms with Crippen LogP contribution in [0.3, 0.4) is 0 Å². The van der Waals surface area contributed by atoms with Crippen molar-refractivity contribution in [3.8, 4) is 0 Å². The number of rotatable bonds is 3. The van der Waals surface area contributed by atoms with Gasteiger partial charge < -0.3 is 15.7 Å². The van der Waals surface area contributed by atoms with Gasteiger partial charge in [-0.25, -0.2) is 0 Å².